The van der Waals surface area contributed by atoms with Gasteiger partial charge in [0.1, 0.15) is 6.61 Å². The molecule has 0 aliphatic heterocycles. The summed E-state index contributed by atoms with van der Waals surface area (Å²) < 4.78 is 42.3. The highest BCUT2D eigenvalue weighted by molar-refractivity contribution is 5.35. The lowest BCUT2D eigenvalue weighted by molar-refractivity contribution is 0.0793. The number of nitrogens with one attached hydrogen (secondary N) is 1. The minimum absolute atomic E-state index is 0.0686. The maximum atomic E-state index is 13.4. The molecular formula is C12H14F3NO. The molecule has 1 fully saturated rings. The van der Waals surface area contributed by atoms with Crippen molar-refractivity contribution in [3.05, 3.63) is 29.6 Å². The predicted octanol–water partition coefficient (Wildman–Crippen LogP) is 2.72. The molecule has 5 heteroatoms. The van der Waals surface area contributed by atoms with Crippen molar-refractivity contribution in [2.24, 2.45) is 0 Å². The van der Waals surface area contributed by atoms with Gasteiger partial charge in [0.05, 0.1) is 0 Å². The molecule has 0 heterocycles. The van der Waals surface area contributed by atoms with Crippen LogP contribution < -0.4 is 10.1 Å². The quantitative estimate of drug-likeness (QED) is 0.832. The Labute approximate surface area is 97.8 Å². The summed E-state index contributed by atoms with van der Waals surface area (Å²) in [6.45, 7) is -0.335. The van der Waals surface area contributed by atoms with E-state index in [0.29, 0.717) is 18.2 Å². The van der Waals surface area contributed by atoms with Crippen molar-refractivity contribution in [3.8, 4) is 5.75 Å². The first-order chi connectivity index (χ1) is 8.16. The van der Waals surface area contributed by atoms with Crippen LogP contribution in [-0.4, -0.2) is 19.1 Å². The molecule has 1 N–H and O–H groups in total. The standard InChI is InChI=1S/C12H14F3NO/c13-10-3-1-2-8(6-16-9-4-5-9)12(10)17-7-11(14)15/h1-3,9,11,16H,4-7H2. The van der Waals surface area contributed by atoms with Crippen LogP contribution >= 0.6 is 0 Å². The lowest BCUT2D eigenvalue weighted by Gasteiger charge is -2.12. The van der Waals surface area contributed by atoms with Crippen molar-refractivity contribution in [1.82, 2.24) is 5.32 Å². The lowest BCUT2D eigenvalue weighted by Crippen LogP contribution is -2.17. The molecule has 1 aromatic carbocycles. The molecule has 1 saturated carbocycles. The molecular weight excluding hydrogens is 231 g/mol. The zero-order valence-corrected chi connectivity index (χ0v) is 9.26. The third kappa shape index (κ3) is 3.63. The van der Waals surface area contributed by atoms with Gasteiger partial charge in [-0.15, -0.1) is 0 Å². The normalized spacial score (nSPS) is 15.3. The van der Waals surface area contributed by atoms with E-state index in [4.69, 9.17) is 4.74 Å². The largest absolute Gasteiger partial charge is 0.484 e. The van der Waals surface area contributed by atoms with Gasteiger partial charge in [-0.1, -0.05) is 12.1 Å². The van der Waals surface area contributed by atoms with E-state index in [-0.39, 0.29) is 5.75 Å². The Morgan fingerprint density at radius 3 is 2.76 bits per heavy atom. The maximum Gasteiger partial charge on any atom is 0.272 e. The molecule has 1 aliphatic carbocycles. The van der Waals surface area contributed by atoms with Crippen LogP contribution in [0.15, 0.2) is 18.2 Å². The number of rotatable bonds is 6. The Morgan fingerprint density at radius 1 is 1.35 bits per heavy atom. The van der Waals surface area contributed by atoms with Gasteiger partial charge in [0.25, 0.3) is 6.43 Å². The summed E-state index contributed by atoms with van der Waals surface area (Å²) >= 11 is 0. The van der Waals surface area contributed by atoms with Crippen LogP contribution in [0.25, 0.3) is 0 Å². The fourth-order valence-electron chi connectivity index (χ4n) is 1.54. The van der Waals surface area contributed by atoms with Gasteiger partial charge >= 0.3 is 0 Å². The highest BCUT2D eigenvalue weighted by Gasteiger charge is 2.21. The highest BCUT2D eigenvalue weighted by atomic mass is 19.3. The first-order valence-corrected chi connectivity index (χ1v) is 5.58. The molecule has 17 heavy (non-hydrogen) atoms. The number of benzene rings is 1. The monoisotopic (exact) mass is 245 g/mol. The van der Waals surface area contributed by atoms with Gasteiger partial charge < -0.3 is 10.1 Å². The smallest absolute Gasteiger partial charge is 0.272 e. The zero-order chi connectivity index (χ0) is 12.3. The van der Waals surface area contributed by atoms with E-state index < -0.39 is 18.8 Å². The Balaban J connectivity index is 2.03. The molecule has 0 unspecified atom stereocenters. The molecule has 0 bridgehead atoms. The molecule has 0 aromatic heterocycles. The second-order valence-corrected chi connectivity index (χ2v) is 4.09. The van der Waals surface area contributed by atoms with Crippen LogP contribution in [0.4, 0.5) is 13.2 Å². The first-order valence-electron chi connectivity index (χ1n) is 5.58. The van der Waals surface area contributed by atoms with Crippen LogP contribution in [-0.2, 0) is 6.54 Å². The Morgan fingerprint density at radius 2 is 2.12 bits per heavy atom. The average molecular weight is 245 g/mol. The lowest BCUT2D eigenvalue weighted by atomic mass is 10.2. The predicted molar refractivity (Wildman–Crippen MR) is 57.8 cm³/mol. The summed E-state index contributed by atoms with van der Waals surface area (Å²) in [5.41, 5.74) is 0.581. The highest BCUT2D eigenvalue weighted by Crippen LogP contribution is 2.25. The fourth-order valence-corrected chi connectivity index (χ4v) is 1.54. The molecule has 0 amide bonds. The summed E-state index contributed by atoms with van der Waals surface area (Å²) in [7, 11) is 0. The van der Waals surface area contributed by atoms with Crippen molar-refractivity contribution < 1.29 is 17.9 Å². The van der Waals surface area contributed by atoms with Crippen molar-refractivity contribution in [2.75, 3.05) is 6.61 Å². The van der Waals surface area contributed by atoms with Crippen LogP contribution in [0, 0.1) is 5.82 Å². The topological polar surface area (TPSA) is 21.3 Å². The second-order valence-electron chi connectivity index (χ2n) is 4.09. The van der Waals surface area contributed by atoms with E-state index in [9.17, 15) is 13.2 Å². The van der Waals surface area contributed by atoms with E-state index >= 15 is 0 Å². The molecule has 1 aromatic rings. The number of ether oxygens (including phenoxy) is 1. The molecule has 0 spiro atoms. The van der Waals surface area contributed by atoms with E-state index in [1.807, 2.05) is 0 Å². The van der Waals surface area contributed by atoms with Crippen LogP contribution in [0.3, 0.4) is 0 Å². The van der Waals surface area contributed by atoms with Crippen molar-refractivity contribution in [3.63, 3.8) is 0 Å². The van der Waals surface area contributed by atoms with Crippen molar-refractivity contribution in [1.29, 1.82) is 0 Å². The van der Waals surface area contributed by atoms with Crippen LogP contribution in [0.1, 0.15) is 18.4 Å². The molecule has 94 valence electrons. The third-order valence-electron chi connectivity index (χ3n) is 2.56. The Hall–Kier alpha value is -1.23. The van der Waals surface area contributed by atoms with Gasteiger partial charge in [-0.2, -0.15) is 0 Å². The Bertz CT molecular complexity index is 380. The zero-order valence-electron chi connectivity index (χ0n) is 9.26. The van der Waals surface area contributed by atoms with E-state index in [1.165, 1.54) is 6.07 Å². The molecule has 1 aliphatic rings. The summed E-state index contributed by atoms with van der Waals surface area (Å²) in [5.74, 6) is -0.665. The van der Waals surface area contributed by atoms with Crippen LogP contribution in [0.2, 0.25) is 0 Å². The van der Waals surface area contributed by atoms with E-state index in [0.717, 1.165) is 12.8 Å². The minimum Gasteiger partial charge on any atom is -0.484 e. The number of alkyl halides is 2. The van der Waals surface area contributed by atoms with Crippen molar-refractivity contribution >= 4 is 0 Å². The van der Waals surface area contributed by atoms with Crippen molar-refractivity contribution in [2.45, 2.75) is 31.9 Å². The fraction of sp³-hybridized carbons (Fsp3) is 0.500. The second kappa shape index (κ2) is 5.40. The number of halogens is 3. The summed E-state index contributed by atoms with van der Waals surface area (Å²) in [5, 5.41) is 3.19. The summed E-state index contributed by atoms with van der Waals surface area (Å²) in [4.78, 5) is 0. The molecule has 2 nitrogen and oxygen atoms in total. The SMILES string of the molecule is Fc1cccc(CNC2CC2)c1OCC(F)F. The van der Waals surface area contributed by atoms with Gasteiger partial charge in [0, 0.05) is 18.2 Å². The first kappa shape index (κ1) is 12.2. The van der Waals surface area contributed by atoms with Gasteiger partial charge in [-0.25, -0.2) is 13.2 Å². The third-order valence-corrected chi connectivity index (χ3v) is 2.56. The van der Waals surface area contributed by atoms with Crippen LogP contribution in [0.5, 0.6) is 5.75 Å². The molecule has 0 radical (unpaired) electrons. The summed E-state index contributed by atoms with van der Waals surface area (Å²) in [6, 6.07) is 4.91. The van der Waals surface area contributed by atoms with Gasteiger partial charge in [0.15, 0.2) is 11.6 Å². The van der Waals surface area contributed by atoms with E-state index in [2.05, 4.69) is 5.32 Å². The Kier molecular flexibility index (Phi) is 3.89. The molecule has 0 atom stereocenters. The van der Waals surface area contributed by atoms with Gasteiger partial charge in [-0.3, -0.25) is 0 Å². The van der Waals surface area contributed by atoms with Gasteiger partial charge in [0.2, 0.25) is 0 Å². The number of hydrogen-bond acceptors (Lipinski definition) is 2. The maximum absolute atomic E-state index is 13.4. The molecule has 2 rings (SSSR count). The number of hydrogen-bond donors (Lipinski definition) is 1. The van der Waals surface area contributed by atoms with E-state index in [1.54, 1.807) is 12.1 Å². The van der Waals surface area contributed by atoms with Gasteiger partial charge in [-0.05, 0) is 18.9 Å². The summed E-state index contributed by atoms with van der Waals surface area (Å²) in [6.07, 6.45) is -0.371. The molecule has 0 saturated heterocycles. The minimum atomic E-state index is -2.60. The number of para-hydroxylation sites is 1. The average Bonchev–Trinajstić information content (AvgIpc) is 3.08.